The van der Waals surface area contributed by atoms with Crippen LogP contribution in [0.4, 0.5) is 0 Å². The van der Waals surface area contributed by atoms with Gasteiger partial charge in [0.15, 0.2) is 0 Å². The van der Waals surface area contributed by atoms with Crippen molar-refractivity contribution in [2.24, 2.45) is 5.10 Å². The molecule has 7 nitrogen and oxygen atoms in total. The van der Waals surface area contributed by atoms with Gasteiger partial charge in [-0.3, -0.25) is 9.59 Å². The molecule has 0 saturated carbocycles. The fraction of sp³-hybridized carbons (Fsp3) is 0.0435. The molecule has 0 unspecified atom stereocenters. The first-order valence-corrected chi connectivity index (χ1v) is 10.5. The average Bonchev–Trinajstić information content (AvgIpc) is 2.80. The Balaban J connectivity index is 1.57. The van der Waals surface area contributed by atoms with Gasteiger partial charge in [0.2, 0.25) is 0 Å². The van der Waals surface area contributed by atoms with Gasteiger partial charge in [-0.1, -0.05) is 45.7 Å². The Morgan fingerprint density at radius 3 is 2.41 bits per heavy atom. The van der Waals surface area contributed by atoms with E-state index in [0.717, 1.165) is 4.47 Å². The van der Waals surface area contributed by atoms with Crippen LogP contribution in [-0.2, 0) is 4.79 Å². The molecule has 0 aromatic heterocycles. The van der Waals surface area contributed by atoms with Gasteiger partial charge in [-0.05, 0) is 54.6 Å². The van der Waals surface area contributed by atoms with Crippen LogP contribution in [0.2, 0.25) is 5.02 Å². The summed E-state index contributed by atoms with van der Waals surface area (Å²) in [5, 5.41) is 6.88. The predicted octanol–water partition coefficient (Wildman–Crippen LogP) is 4.20. The molecule has 2 amide bonds. The Kier molecular flexibility index (Phi) is 8.13. The quantitative estimate of drug-likeness (QED) is 0.214. The van der Waals surface area contributed by atoms with Gasteiger partial charge in [-0.2, -0.15) is 5.10 Å². The van der Waals surface area contributed by atoms with E-state index in [2.05, 4.69) is 31.8 Å². The number of ether oxygens (including phenoxy) is 1. The first-order chi connectivity index (χ1) is 15.4. The number of esters is 1. The van der Waals surface area contributed by atoms with E-state index in [-0.39, 0.29) is 12.3 Å². The zero-order valence-electron chi connectivity index (χ0n) is 16.5. The number of rotatable bonds is 7. The maximum atomic E-state index is 12.3. The molecule has 3 rings (SSSR count). The number of hydrazone groups is 1. The van der Waals surface area contributed by atoms with Crippen molar-refractivity contribution >= 4 is 51.5 Å². The highest BCUT2D eigenvalue weighted by atomic mass is 79.9. The van der Waals surface area contributed by atoms with Crippen molar-refractivity contribution in [1.82, 2.24) is 10.7 Å². The van der Waals surface area contributed by atoms with Crippen molar-refractivity contribution in [3.63, 3.8) is 0 Å². The Morgan fingerprint density at radius 1 is 0.969 bits per heavy atom. The third kappa shape index (κ3) is 6.76. The Bertz CT molecular complexity index is 1150. The summed E-state index contributed by atoms with van der Waals surface area (Å²) in [6.45, 7) is -0.271. The third-order valence-electron chi connectivity index (χ3n) is 4.09. The van der Waals surface area contributed by atoms with Crippen LogP contribution >= 0.6 is 27.5 Å². The monoisotopic (exact) mass is 513 g/mol. The highest BCUT2D eigenvalue weighted by Gasteiger charge is 2.11. The van der Waals surface area contributed by atoms with Crippen LogP contribution < -0.4 is 15.5 Å². The first-order valence-electron chi connectivity index (χ1n) is 9.35. The van der Waals surface area contributed by atoms with Gasteiger partial charge in [-0.25, -0.2) is 10.2 Å². The molecule has 0 heterocycles. The summed E-state index contributed by atoms with van der Waals surface area (Å²) >= 11 is 9.14. The normalized spacial score (nSPS) is 10.6. The van der Waals surface area contributed by atoms with E-state index in [9.17, 15) is 14.4 Å². The van der Waals surface area contributed by atoms with Crippen LogP contribution in [0, 0.1) is 0 Å². The summed E-state index contributed by atoms with van der Waals surface area (Å²) in [6.07, 6.45) is 1.34. The van der Waals surface area contributed by atoms with Gasteiger partial charge in [-0.15, -0.1) is 0 Å². The number of carbonyl (C=O) groups is 3. The molecule has 2 N–H and O–H groups in total. The molecule has 0 bridgehead atoms. The Hall–Kier alpha value is -3.49. The number of benzene rings is 3. The molecule has 32 heavy (non-hydrogen) atoms. The molecule has 3 aromatic rings. The van der Waals surface area contributed by atoms with Crippen LogP contribution in [-0.4, -0.2) is 30.5 Å². The lowest BCUT2D eigenvalue weighted by Gasteiger charge is -2.08. The molecule has 9 heteroatoms. The van der Waals surface area contributed by atoms with E-state index in [0.29, 0.717) is 21.7 Å². The van der Waals surface area contributed by atoms with Crippen molar-refractivity contribution < 1.29 is 19.1 Å². The van der Waals surface area contributed by atoms with Crippen LogP contribution in [0.15, 0.2) is 82.4 Å². The highest BCUT2D eigenvalue weighted by molar-refractivity contribution is 9.10. The smallest absolute Gasteiger partial charge is 0.343 e. The summed E-state index contributed by atoms with van der Waals surface area (Å²) < 4.78 is 6.19. The maximum absolute atomic E-state index is 12.3. The first kappa shape index (κ1) is 23.2. The minimum atomic E-state index is -0.526. The minimum Gasteiger partial charge on any atom is -0.422 e. The second kappa shape index (κ2) is 11.2. The van der Waals surface area contributed by atoms with Crippen molar-refractivity contribution in [3.8, 4) is 5.75 Å². The number of amides is 2. The molecular formula is C23H17BrClN3O4. The number of nitrogens with one attached hydrogen (secondary N) is 2. The van der Waals surface area contributed by atoms with Gasteiger partial charge < -0.3 is 10.1 Å². The molecule has 0 spiro atoms. The number of halogens is 2. The standard InChI is InChI=1S/C23H17BrClN3O4/c24-18-8-11-20(32-23(31)16-4-2-1-3-5-16)17(12-18)13-27-28-21(29)14-26-22(30)15-6-9-19(25)10-7-15/h1-13H,14H2,(H,26,30)(H,28,29). The minimum absolute atomic E-state index is 0.271. The lowest BCUT2D eigenvalue weighted by molar-refractivity contribution is -0.120. The van der Waals surface area contributed by atoms with Crippen molar-refractivity contribution in [2.45, 2.75) is 0 Å². The number of carbonyl (C=O) groups excluding carboxylic acids is 3. The number of nitrogens with zero attached hydrogens (tertiary/aromatic N) is 1. The summed E-state index contributed by atoms with van der Waals surface area (Å²) in [7, 11) is 0. The van der Waals surface area contributed by atoms with Crippen molar-refractivity contribution in [1.29, 1.82) is 0 Å². The van der Waals surface area contributed by atoms with Gasteiger partial charge in [0.05, 0.1) is 18.3 Å². The average molecular weight is 515 g/mol. The highest BCUT2D eigenvalue weighted by Crippen LogP contribution is 2.23. The lowest BCUT2D eigenvalue weighted by atomic mass is 10.2. The summed E-state index contributed by atoms with van der Waals surface area (Å²) in [5.41, 5.74) is 3.57. The largest absolute Gasteiger partial charge is 0.422 e. The molecule has 0 radical (unpaired) electrons. The molecule has 3 aromatic carbocycles. The molecule has 0 fully saturated rings. The van der Waals surface area contributed by atoms with Crippen molar-refractivity contribution in [3.05, 3.63) is 99.0 Å². The SMILES string of the molecule is O=C(CNC(=O)c1ccc(Cl)cc1)NN=Cc1cc(Br)ccc1OC(=O)c1ccccc1. The summed E-state index contributed by atoms with van der Waals surface area (Å²) in [5.74, 6) is -1.18. The van der Waals surface area contributed by atoms with Gasteiger partial charge in [0, 0.05) is 20.6 Å². The van der Waals surface area contributed by atoms with Crippen LogP contribution in [0.5, 0.6) is 5.75 Å². The Labute approximate surface area is 197 Å². The maximum Gasteiger partial charge on any atom is 0.343 e. The van der Waals surface area contributed by atoms with Crippen LogP contribution in [0.25, 0.3) is 0 Å². The Morgan fingerprint density at radius 2 is 1.69 bits per heavy atom. The van der Waals surface area contributed by atoms with Gasteiger partial charge in [0.25, 0.3) is 11.8 Å². The zero-order valence-corrected chi connectivity index (χ0v) is 18.9. The third-order valence-corrected chi connectivity index (χ3v) is 4.84. The van der Waals surface area contributed by atoms with Gasteiger partial charge >= 0.3 is 5.97 Å². The molecule has 0 aliphatic heterocycles. The topological polar surface area (TPSA) is 96.9 Å². The zero-order chi connectivity index (χ0) is 22.9. The van der Waals surface area contributed by atoms with Crippen molar-refractivity contribution in [2.75, 3.05) is 6.54 Å². The fourth-order valence-electron chi connectivity index (χ4n) is 2.52. The molecule has 0 atom stereocenters. The molecule has 0 aliphatic carbocycles. The molecule has 0 aliphatic rings. The molecule has 0 saturated heterocycles. The van der Waals surface area contributed by atoms with E-state index in [4.69, 9.17) is 16.3 Å². The van der Waals surface area contributed by atoms with Crippen LogP contribution in [0.1, 0.15) is 26.3 Å². The van der Waals surface area contributed by atoms with Crippen LogP contribution in [0.3, 0.4) is 0 Å². The van der Waals surface area contributed by atoms with E-state index >= 15 is 0 Å². The van der Waals surface area contributed by atoms with E-state index < -0.39 is 17.8 Å². The summed E-state index contributed by atoms with van der Waals surface area (Å²) in [4.78, 5) is 36.3. The predicted molar refractivity (Wildman–Crippen MR) is 125 cm³/mol. The molecule has 162 valence electrons. The number of hydrogen-bond acceptors (Lipinski definition) is 5. The second-order valence-electron chi connectivity index (χ2n) is 6.42. The number of hydrogen-bond donors (Lipinski definition) is 2. The van der Waals surface area contributed by atoms with E-state index in [1.165, 1.54) is 6.21 Å². The molecular weight excluding hydrogens is 498 g/mol. The second-order valence-corrected chi connectivity index (χ2v) is 7.77. The van der Waals surface area contributed by atoms with Gasteiger partial charge in [0.1, 0.15) is 5.75 Å². The summed E-state index contributed by atoms with van der Waals surface area (Å²) in [6, 6.07) is 19.9. The van der Waals surface area contributed by atoms with E-state index in [1.54, 1.807) is 72.8 Å². The fourth-order valence-corrected chi connectivity index (χ4v) is 3.03. The van der Waals surface area contributed by atoms with E-state index in [1.807, 2.05) is 0 Å². The lowest BCUT2D eigenvalue weighted by Crippen LogP contribution is -2.34.